The Hall–Kier alpha value is -2.00. The fraction of sp³-hybridized carbons (Fsp3) is 0.750. The van der Waals surface area contributed by atoms with Crippen LogP contribution in [0.15, 0.2) is 60.2 Å². The van der Waals surface area contributed by atoms with E-state index in [1.54, 1.807) is 0 Å². The second-order valence-corrected chi connectivity index (χ2v) is 22.9. The van der Waals surface area contributed by atoms with Gasteiger partial charge in [0, 0.05) is 0 Å². The predicted octanol–water partition coefficient (Wildman–Crippen LogP) is 22.2. The Morgan fingerprint density at radius 1 is 0.418 bits per heavy atom. The molecule has 2 aromatic carbocycles. The molecular weight excluding hydrogens is 903 g/mol. The third-order valence-corrected chi connectivity index (χ3v) is 15.3. The number of rotatable bonds is 46. The molecule has 0 unspecified atom stereocenters. The summed E-state index contributed by atoms with van der Waals surface area (Å²) in [7, 11) is 0. The Balaban J connectivity index is 0.00000424. The zero-order valence-corrected chi connectivity index (χ0v) is 46.9. The van der Waals surface area contributed by atoms with E-state index in [9.17, 15) is 5.53 Å². The number of hydrogen-bond acceptors (Lipinski definition) is 0. The summed E-state index contributed by atoms with van der Waals surface area (Å²) < 4.78 is 0. The second kappa shape index (κ2) is 50.4. The molecule has 0 fully saturated rings. The van der Waals surface area contributed by atoms with Crippen LogP contribution in [0.25, 0.3) is 11.1 Å². The molecule has 2 rings (SSSR count). The van der Waals surface area contributed by atoms with Crippen molar-refractivity contribution in [3.63, 3.8) is 0 Å². The molecule has 3 heteroatoms. The van der Waals surface area contributed by atoms with Gasteiger partial charge >= 0.3 is 47.5 Å². The molecule has 0 atom stereocenters. The predicted molar refractivity (Wildman–Crippen MR) is 298 cm³/mol. The van der Waals surface area contributed by atoms with Gasteiger partial charge < -0.3 is 5.53 Å². The molecule has 0 aliphatic carbocycles. The molecule has 0 N–H and O–H groups in total. The van der Waals surface area contributed by atoms with Gasteiger partial charge in [-0.1, -0.05) is 294 Å². The standard InChI is InChI=1S/C60H100N2.2C2H5.Pd/c1-4-7-10-12-14-16-18-20-21-22-23-24-25-26-27-28-29-30-31-33-35-37-39-41-45-56-46-42-47-59(52-56)60(53-57(54-62-61)43-9-6-3)58-50-48-55(49-51-58)44-40-38-36-34-32-19-17-15-13-11-8-5-2;2*1-2;/h42,46-53H,4-41,43-45H2,1-3H3;2*1H2,2H3;. The van der Waals surface area contributed by atoms with Crippen LogP contribution in [-0.4, -0.2) is 10.7 Å². The molecular formula is C64H110N2Pd. The SMILES string of the molecule is CCCCCCCCCCCCCCCCCCCCCCCCCCc1cccc(C(=CC(=C=[N+]=[N-])CCCC)c2ccc(CCCCCCCCCCCCCC)cc2)c1.C[CH2][Pd][CH2]C. The first-order valence-electron chi connectivity index (χ1n) is 29.4. The Kier molecular flexibility index (Phi) is 47.4. The molecule has 2 nitrogen and oxygen atoms in total. The molecule has 67 heavy (non-hydrogen) atoms. The number of aryl methyl sites for hydroxylation is 2. The Morgan fingerprint density at radius 2 is 0.776 bits per heavy atom. The third-order valence-electron chi connectivity index (χ3n) is 13.8. The van der Waals surface area contributed by atoms with Crippen molar-refractivity contribution >= 4 is 11.4 Å². The van der Waals surface area contributed by atoms with Crippen LogP contribution >= 0.6 is 0 Å². The first kappa shape index (κ1) is 63.0. The quantitative estimate of drug-likeness (QED) is 0.0158. The number of unbranched alkanes of at least 4 members (excludes halogenated alkanes) is 35. The van der Waals surface area contributed by atoms with E-state index < -0.39 is 0 Å². The summed E-state index contributed by atoms with van der Waals surface area (Å²) in [4.78, 5) is 6.12. The van der Waals surface area contributed by atoms with E-state index in [0.717, 1.165) is 55.7 Å². The van der Waals surface area contributed by atoms with Gasteiger partial charge in [0.25, 0.3) is 0 Å². The summed E-state index contributed by atoms with van der Waals surface area (Å²) in [5.41, 5.74) is 16.9. The molecule has 0 aliphatic rings. The topological polar surface area (TPSA) is 36.4 Å². The first-order chi connectivity index (χ1) is 33.1. The fourth-order valence-electron chi connectivity index (χ4n) is 9.46. The third kappa shape index (κ3) is 39.4. The van der Waals surface area contributed by atoms with Gasteiger partial charge in [-0.25, -0.2) is 0 Å². The van der Waals surface area contributed by atoms with E-state index >= 15 is 0 Å². The van der Waals surface area contributed by atoms with Crippen molar-refractivity contribution in [3.8, 4) is 0 Å². The zero-order chi connectivity index (χ0) is 48.4. The van der Waals surface area contributed by atoms with E-state index in [4.69, 9.17) is 0 Å². The maximum atomic E-state index is 9.45. The van der Waals surface area contributed by atoms with Crippen molar-refractivity contribution in [3.05, 3.63) is 88.0 Å². The summed E-state index contributed by atoms with van der Waals surface area (Å²) in [5.74, 6) is 2.90. The van der Waals surface area contributed by atoms with Crippen molar-refractivity contribution in [2.75, 3.05) is 0 Å². The minimum absolute atomic E-state index is 0.861. The average Bonchev–Trinajstić information content (AvgIpc) is 3.35. The van der Waals surface area contributed by atoms with E-state index in [1.165, 1.54) is 269 Å². The number of nitrogens with zero attached hydrogens (tertiary/aromatic N) is 2. The summed E-state index contributed by atoms with van der Waals surface area (Å²) in [6.07, 6.45) is 58.5. The molecule has 0 aromatic heterocycles. The van der Waals surface area contributed by atoms with Crippen LogP contribution in [0.5, 0.6) is 0 Å². The Morgan fingerprint density at radius 3 is 1.12 bits per heavy atom. The normalized spacial score (nSPS) is 11.4. The van der Waals surface area contributed by atoms with Crippen LogP contribution < -0.4 is 0 Å². The second-order valence-electron chi connectivity index (χ2n) is 19.9. The van der Waals surface area contributed by atoms with Crippen LogP contribution in [0.1, 0.15) is 307 Å². The van der Waals surface area contributed by atoms with Gasteiger partial charge in [0.15, 0.2) is 0 Å². The average molecular weight is 1010 g/mol. The van der Waals surface area contributed by atoms with E-state index in [-0.39, 0.29) is 0 Å². The van der Waals surface area contributed by atoms with Crippen LogP contribution in [0.3, 0.4) is 0 Å². The van der Waals surface area contributed by atoms with Crippen LogP contribution in [-0.2, 0) is 30.8 Å². The van der Waals surface area contributed by atoms with E-state index in [1.807, 2.05) is 0 Å². The molecule has 0 heterocycles. The molecule has 386 valence electrons. The van der Waals surface area contributed by atoms with Gasteiger partial charge in [0.05, 0.1) is 5.57 Å². The monoisotopic (exact) mass is 1010 g/mol. The number of benzene rings is 2. The van der Waals surface area contributed by atoms with Gasteiger partial charge in [0.1, 0.15) is 0 Å². The number of allylic oxidation sites excluding steroid dienone is 2. The van der Waals surface area contributed by atoms with Gasteiger partial charge in [-0.05, 0) is 72.4 Å². The molecule has 0 saturated carbocycles. The Labute approximate surface area is 427 Å². The van der Waals surface area contributed by atoms with Crippen molar-refractivity contribution in [1.82, 2.24) is 0 Å². The zero-order valence-electron chi connectivity index (χ0n) is 45.3. The molecule has 2 aromatic rings. The van der Waals surface area contributed by atoms with Crippen LogP contribution in [0.2, 0.25) is 9.79 Å². The summed E-state index contributed by atoms with van der Waals surface area (Å²) in [6.45, 7) is 11.3. The van der Waals surface area contributed by atoms with Crippen molar-refractivity contribution in [2.24, 2.45) is 0 Å². The van der Waals surface area contributed by atoms with Crippen molar-refractivity contribution in [1.29, 1.82) is 0 Å². The molecule has 0 saturated heterocycles. The van der Waals surface area contributed by atoms with Crippen LogP contribution in [0, 0.1) is 0 Å². The van der Waals surface area contributed by atoms with Crippen molar-refractivity contribution < 1.29 is 22.8 Å². The number of hydrogen-bond donors (Lipinski definition) is 0. The van der Waals surface area contributed by atoms with Gasteiger partial charge in [-0.3, -0.25) is 0 Å². The van der Waals surface area contributed by atoms with E-state index in [0.29, 0.717) is 0 Å². The molecule has 0 aliphatic heterocycles. The molecule has 0 amide bonds. The van der Waals surface area contributed by atoms with Gasteiger partial charge in [-0.2, -0.15) is 0 Å². The molecule has 0 radical (unpaired) electrons. The van der Waals surface area contributed by atoms with Crippen LogP contribution in [0.4, 0.5) is 0 Å². The minimum atomic E-state index is 0.861. The summed E-state index contributed by atoms with van der Waals surface area (Å²) in [6, 6.07) is 18.5. The summed E-state index contributed by atoms with van der Waals surface area (Å²) in [5, 5.41) is 0. The summed E-state index contributed by atoms with van der Waals surface area (Å²) >= 11 is 1.04. The fourth-order valence-corrected chi connectivity index (χ4v) is 10.2. The molecule has 0 bridgehead atoms. The molecule has 0 spiro atoms. The van der Waals surface area contributed by atoms with E-state index in [2.05, 4.69) is 99.9 Å². The van der Waals surface area contributed by atoms with Gasteiger partial charge in [-0.15, -0.1) is 4.79 Å². The first-order valence-corrected chi connectivity index (χ1v) is 31.6. The van der Waals surface area contributed by atoms with Gasteiger partial charge in [0.2, 0.25) is 0 Å². The Bertz CT molecular complexity index is 1460. The maximum absolute atomic E-state index is 9.45. The van der Waals surface area contributed by atoms with Crippen molar-refractivity contribution in [2.45, 2.75) is 308 Å².